The van der Waals surface area contributed by atoms with Crippen LogP contribution in [0.15, 0.2) is 16.7 Å². The van der Waals surface area contributed by atoms with Crippen molar-refractivity contribution in [2.75, 3.05) is 19.6 Å². The van der Waals surface area contributed by atoms with Crippen LogP contribution in [0.2, 0.25) is 0 Å². The Labute approximate surface area is 123 Å². The zero-order chi connectivity index (χ0) is 12.8. The first-order valence-electron chi connectivity index (χ1n) is 5.92. The molecule has 0 bridgehead atoms. The molecule has 0 aliphatic carbocycles. The number of amides is 1. The summed E-state index contributed by atoms with van der Waals surface area (Å²) < 4.78 is 2.90. The zero-order valence-corrected chi connectivity index (χ0v) is 13.4. The number of halogens is 2. The van der Waals surface area contributed by atoms with Gasteiger partial charge in [0.25, 0.3) is 5.91 Å². The first kappa shape index (κ1) is 17.5. The van der Waals surface area contributed by atoms with Crippen LogP contribution in [0, 0.1) is 0 Å². The van der Waals surface area contributed by atoms with Gasteiger partial charge in [-0.3, -0.25) is 4.79 Å². The molecule has 2 N–H and O–H groups in total. The molecular formula is C12H21BrClN3O. The lowest BCUT2D eigenvalue weighted by Crippen LogP contribution is -2.33. The van der Waals surface area contributed by atoms with Gasteiger partial charge in [-0.2, -0.15) is 0 Å². The summed E-state index contributed by atoms with van der Waals surface area (Å²) in [4.78, 5) is 12.0. The topological polar surface area (TPSA) is 46.1 Å². The fourth-order valence-electron chi connectivity index (χ4n) is 1.59. The summed E-state index contributed by atoms with van der Waals surface area (Å²) in [6.07, 6.45) is 1.93. The van der Waals surface area contributed by atoms with E-state index in [0.29, 0.717) is 12.2 Å². The smallest absolute Gasteiger partial charge is 0.268 e. The van der Waals surface area contributed by atoms with Crippen molar-refractivity contribution in [3.63, 3.8) is 0 Å². The summed E-state index contributed by atoms with van der Waals surface area (Å²) in [6, 6.07) is 2.12. The van der Waals surface area contributed by atoms with Crippen LogP contribution in [0.25, 0.3) is 0 Å². The highest BCUT2D eigenvalue weighted by Crippen LogP contribution is 2.19. The van der Waals surface area contributed by atoms with E-state index in [1.165, 1.54) is 0 Å². The molecule has 18 heavy (non-hydrogen) atoms. The Balaban J connectivity index is 0.00000289. The van der Waals surface area contributed by atoms with E-state index in [2.05, 4.69) is 40.4 Å². The lowest BCUT2D eigenvalue weighted by molar-refractivity contribution is 0.0943. The summed E-state index contributed by atoms with van der Waals surface area (Å²) in [6.45, 7) is 8.52. The minimum Gasteiger partial charge on any atom is -0.349 e. The molecule has 0 aliphatic rings. The monoisotopic (exact) mass is 337 g/mol. The molecule has 104 valence electrons. The highest BCUT2D eigenvalue weighted by molar-refractivity contribution is 9.10. The van der Waals surface area contributed by atoms with Crippen molar-refractivity contribution in [2.24, 2.45) is 0 Å². The molecule has 1 amide bonds. The predicted octanol–water partition coefficient (Wildman–Crippen LogP) is 2.59. The third kappa shape index (κ3) is 5.00. The molecule has 4 nitrogen and oxygen atoms in total. The second-order valence-corrected chi connectivity index (χ2v) is 5.07. The molecule has 0 unspecified atom stereocenters. The molecule has 0 aromatic carbocycles. The van der Waals surface area contributed by atoms with Gasteiger partial charge in [-0.1, -0.05) is 6.92 Å². The summed E-state index contributed by atoms with van der Waals surface area (Å²) in [5, 5.41) is 6.07. The van der Waals surface area contributed by atoms with Crippen molar-refractivity contribution >= 4 is 34.2 Å². The lowest BCUT2D eigenvalue weighted by atomic mass is 10.3. The molecule has 0 spiro atoms. The van der Waals surface area contributed by atoms with Gasteiger partial charge in [-0.15, -0.1) is 12.4 Å². The molecule has 0 saturated heterocycles. The van der Waals surface area contributed by atoms with Gasteiger partial charge in [0.2, 0.25) is 0 Å². The molecule has 0 atom stereocenters. The minimum atomic E-state index is -0.0256. The van der Waals surface area contributed by atoms with Gasteiger partial charge in [-0.05, 0) is 42.4 Å². The number of aromatic nitrogens is 1. The van der Waals surface area contributed by atoms with Crippen LogP contribution in [0.5, 0.6) is 0 Å². The average Bonchev–Trinajstić information content (AvgIpc) is 2.66. The number of nitrogens with zero attached hydrogens (tertiary/aromatic N) is 1. The summed E-state index contributed by atoms with van der Waals surface area (Å²) in [7, 11) is 0. The minimum absolute atomic E-state index is 0. The van der Waals surface area contributed by atoms with E-state index in [1.807, 2.05) is 23.8 Å². The van der Waals surface area contributed by atoms with Crippen LogP contribution < -0.4 is 10.6 Å². The van der Waals surface area contributed by atoms with E-state index in [-0.39, 0.29) is 24.4 Å². The highest BCUT2D eigenvalue weighted by atomic mass is 79.9. The van der Waals surface area contributed by atoms with E-state index in [4.69, 9.17) is 0 Å². The summed E-state index contributed by atoms with van der Waals surface area (Å²) in [5.74, 6) is -0.0256. The van der Waals surface area contributed by atoms with Crippen LogP contribution >= 0.6 is 28.3 Å². The Morgan fingerprint density at radius 1 is 1.44 bits per heavy atom. The third-order valence-corrected chi connectivity index (χ3v) is 2.88. The average molecular weight is 339 g/mol. The Morgan fingerprint density at radius 3 is 2.67 bits per heavy atom. The second-order valence-electron chi connectivity index (χ2n) is 4.15. The quantitative estimate of drug-likeness (QED) is 0.783. The number of hydrogen-bond donors (Lipinski definition) is 2. The van der Waals surface area contributed by atoms with Crippen molar-refractivity contribution in [3.8, 4) is 0 Å². The number of hydrogen-bond acceptors (Lipinski definition) is 2. The van der Waals surface area contributed by atoms with E-state index in [1.54, 1.807) is 0 Å². The van der Waals surface area contributed by atoms with Crippen LogP contribution in [0.3, 0.4) is 0 Å². The maximum absolute atomic E-state index is 12.0. The fraction of sp³-hybridized carbons (Fsp3) is 0.583. The first-order chi connectivity index (χ1) is 8.06. The van der Waals surface area contributed by atoms with Crippen molar-refractivity contribution in [3.05, 3.63) is 22.4 Å². The summed E-state index contributed by atoms with van der Waals surface area (Å²) >= 11 is 3.40. The number of carbonyl (C=O) groups excluding carboxylic acids is 1. The highest BCUT2D eigenvalue weighted by Gasteiger charge is 2.14. The normalized spacial score (nSPS) is 10.3. The van der Waals surface area contributed by atoms with Crippen molar-refractivity contribution in [1.29, 1.82) is 0 Å². The Morgan fingerprint density at radius 2 is 2.11 bits per heavy atom. The van der Waals surface area contributed by atoms with Gasteiger partial charge in [0.05, 0.1) is 0 Å². The number of rotatable bonds is 6. The SMILES string of the molecule is CCNCCNC(=O)c1cc(Br)cn1C(C)C.Cl. The van der Waals surface area contributed by atoms with Crippen molar-refractivity contribution < 1.29 is 4.79 Å². The van der Waals surface area contributed by atoms with E-state index in [0.717, 1.165) is 17.6 Å². The standard InChI is InChI=1S/C12H20BrN3O.ClH/c1-4-14-5-6-15-12(17)11-7-10(13)8-16(11)9(2)3;/h7-9,14H,4-6H2,1-3H3,(H,15,17);1H. The fourth-order valence-corrected chi connectivity index (χ4v) is 2.02. The third-order valence-electron chi connectivity index (χ3n) is 2.44. The molecule has 6 heteroatoms. The van der Waals surface area contributed by atoms with E-state index in [9.17, 15) is 4.79 Å². The summed E-state index contributed by atoms with van der Waals surface area (Å²) in [5.41, 5.74) is 0.698. The Bertz CT molecular complexity index is 379. The Hall–Kier alpha value is -0.520. The van der Waals surface area contributed by atoms with Gasteiger partial charge in [-0.25, -0.2) is 0 Å². The zero-order valence-electron chi connectivity index (χ0n) is 11.0. The van der Waals surface area contributed by atoms with Gasteiger partial charge in [0.1, 0.15) is 5.69 Å². The lowest BCUT2D eigenvalue weighted by Gasteiger charge is -2.12. The molecule has 1 aromatic rings. The molecule has 1 aromatic heterocycles. The van der Waals surface area contributed by atoms with E-state index < -0.39 is 0 Å². The predicted molar refractivity (Wildman–Crippen MR) is 80.6 cm³/mol. The molecule has 0 aliphatic heterocycles. The van der Waals surface area contributed by atoms with Crippen LogP contribution in [0.1, 0.15) is 37.3 Å². The molecular weight excluding hydrogens is 318 g/mol. The van der Waals surface area contributed by atoms with Crippen molar-refractivity contribution in [1.82, 2.24) is 15.2 Å². The van der Waals surface area contributed by atoms with Crippen LogP contribution in [-0.4, -0.2) is 30.1 Å². The number of likely N-dealkylation sites (N-methyl/N-ethyl adjacent to an activating group) is 1. The largest absolute Gasteiger partial charge is 0.349 e. The molecule has 1 heterocycles. The van der Waals surface area contributed by atoms with E-state index >= 15 is 0 Å². The van der Waals surface area contributed by atoms with Gasteiger partial charge in [0.15, 0.2) is 0 Å². The Kier molecular flexibility index (Phi) is 8.31. The maximum Gasteiger partial charge on any atom is 0.268 e. The molecule has 0 saturated carbocycles. The molecule has 0 radical (unpaired) electrons. The van der Waals surface area contributed by atoms with Crippen LogP contribution in [-0.2, 0) is 0 Å². The van der Waals surface area contributed by atoms with Crippen LogP contribution in [0.4, 0.5) is 0 Å². The molecule has 0 fully saturated rings. The van der Waals surface area contributed by atoms with Gasteiger partial charge in [0, 0.05) is 29.8 Å². The second kappa shape index (κ2) is 8.56. The first-order valence-corrected chi connectivity index (χ1v) is 6.71. The van der Waals surface area contributed by atoms with Gasteiger partial charge >= 0.3 is 0 Å². The number of carbonyl (C=O) groups is 1. The molecule has 1 rings (SSSR count). The number of nitrogens with one attached hydrogen (secondary N) is 2. The van der Waals surface area contributed by atoms with Gasteiger partial charge < -0.3 is 15.2 Å². The maximum atomic E-state index is 12.0. The van der Waals surface area contributed by atoms with Crippen molar-refractivity contribution in [2.45, 2.75) is 26.8 Å².